The number of carbonyl (C=O) groups is 1. The zero-order valence-corrected chi connectivity index (χ0v) is 12.6. The number of piperidine rings is 1. The van der Waals surface area contributed by atoms with E-state index in [0.717, 1.165) is 31.8 Å². The van der Waals surface area contributed by atoms with Crippen molar-refractivity contribution in [1.29, 1.82) is 0 Å². The van der Waals surface area contributed by atoms with E-state index in [0.29, 0.717) is 13.2 Å². The molecule has 0 spiro atoms. The largest absolute Gasteiger partial charge is 0.384 e. The highest BCUT2D eigenvalue weighted by Gasteiger charge is 2.41. The van der Waals surface area contributed by atoms with E-state index in [9.17, 15) is 4.79 Å². The lowest BCUT2D eigenvalue weighted by atomic mass is 9.78. The molecule has 0 bridgehead atoms. The first kappa shape index (κ1) is 15.0. The molecule has 0 saturated carbocycles. The molecule has 1 saturated heterocycles. The molecule has 0 radical (unpaired) electrons. The molecule has 112 valence electrons. The van der Waals surface area contributed by atoms with Gasteiger partial charge >= 0.3 is 0 Å². The highest BCUT2D eigenvalue weighted by molar-refractivity contribution is 5.82. The van der Waals surface area contributed by atoms with Crippen molar-refractivity contribution in [2.45, 2.75) is 19.4 Å². The van der Waals surface area contributed by atoms with E-state index in [2.05, 4.69) is 10.3 Å². The number of nitrogens with one attached hydrogen (secondary N) is 1. The van der Waals surface area contributed by atoms with Crippen LogP contribution in [0.25, 0.3) is 0 Å². The van der Waals surface area contributed by atoms with E-state index >= 15 is 0 Å². The molecule has 1 amide bonds. The number of nitrogens with zero attached hydrogens (tertiary/aromatic N) is 3. The summed E-state index contributed by atoms with van der Waals surface area (Å²) in [6, 6.07) is 0. The molecule has 6 heteroatoms. The van der Waals surface area contributed by atoms with Crippen LogP contribution in [0.15, 0.2) is 12.4 Å². The van der Waals surface area contributed by atoms with E-state index in [1.807, 2.05) is 24.9 Å². The Bertz CT molecular complexity index is 446. The van der Waals surface area contributed by atoms with Crippen LogP contribution < -0.4 is 5.32 Å². The molecule has 0 aromatic carbocycles. The number of hydrogen-bond acceptors (Lipinski definition) is 4. The summed E-state index contributed by atoms with van der Waals surface area (Å²) in [4.78, 5) is 18.9. The normalized spacial score (nSPS) is 17.9. The molecule has 1 N–H and O–H groups in total. The van der Waals surface area contributed by atoms with Crippen LogP contribution in [-0.2, 0) is 23.1 Å². The smallest absolute Gasteiger partial charge is 0.231 e. The lowest BCUT2D eigenvalue weighted by Gasteiger charge is -2.38. The molecular formula is C14H24N4O2. The molecule has 0 aliphatic carbocycles. The summed E-state index contributed by atoms with van der Waals surface area (Å²) in [6.45, 7) is 2.75. The first-order valence-electron chi connectivity index (χ1n) is 7.00. The monoisotopic (exact) mass is 280 g/mol. The summed E-state index contributed by atoms with van der Waals surface area (Å²) < 4.78 is 7.26. The maximum Gasteiger partial charge on any atom is 0.231 e. The molecule has 1 aromatic rings. The van der Waals surface area contributed by atoms with Gasteiger partial charge in [0.2, 0.25) is 5.91 Å². The highest BCUT2D eigenvalue weighted by atomic mass is 16.5. The van der Waals surface area contributed by atoms with Crippen molar-refractivity contribution in [2.24, 2.45) is 12.5 Å². The Labute approximate surface area is 120 Å². The van der Waals surface area contributed by atoms with Gasteiger partial charge in [-0.05, 0) is 25.9 Å². The number of hydrogen-bond donors (Lipinski definition) is 1. The standard InChI is InChI=1S/C14H24N4O2/c1-17-9-8-16-12(17)10-18(2)13(19)14(11-20-3)4-6-15-7-5-14/h8-9,15H,4-7,10-11H2,1-3H3. The van der Waals surface area contributed by atoms with Gasteiger partial charge in [0.15, 0.2) is 0 Å². The molecule has 20 heavy (non-hydrogen) atoms. The maximum absolute atomic E-state index is 12.8. The van der Waals surface area contributed by atoms with Gasteiger partial charge in [-0.1, -0.05) is 0 Å². The van der Waals surface area contributed by atoms with Gasteiger partial charge in [-0.15, -0.1) is 0 Å². The first-order chi connectivity index (χ1) is 9.59. The molecule has 2 heterocycles. The van der Waals surface area contributed by atoms with Crippen LogP contribution in [0.1, 0.15) is 18.7 Å². The zero-order chi connectivity index (χ0) is 14.6. The number of rotatable bonds is 5. The molecule has 1 aliphatic rings. The molecule has 1 fully saturated rings. The van der Waals surface area contributed by atoms with Gasteiger partial charge in [0.05, 0.1) is 18.6 Å². The average molecular weight is 280 g/mol. The minimum Gasteiger partial charge on any atom is -0.384 e. The van der Waals surface area contributed by atoms with Gasteiger partial charge in [-0.25, -0.2) is 4.98 Å². The number of amides is 1. The second kappa shape index (κ2) is 6.37. The Morgan fingerprint density at radius 1 is 1.55 bits per heavy atom. The number of methoxy groups -OCH3 is 1. The minimum atomic E-state index is -0.389. The topological polar surface area (TPSA) is 59.4 Å². The van der Waals surface area contributed by atoms with E-state index in [1.54, 1.807) is 18.2 Å². The van der Waals surface area contributed by atoms with Gasteiger partial charge in [0.1, 0.15) is 5.82 Å². The van der Waals surface area contributed by atoms with Gasteiger partial charge in [0, 0.05) is 33.6 Å². The number of ether oxygens (including phenoxy) is 1. The lowest BCUT2D eigenvalue weighted by Crippen LogP contribution is -2.50. The van der Waals surface area contributed by atoms with Crippen molar-refractivity contribution in [2.75, 3.05) is 33.9 Å². The molecule has 0 atom stereocenters. The third-order valence-electron chi connectivity index (χ3n) is 4.08. The Morgan fingerprint density at radius 2 is 2.25 bits per heavy atom. The predicted molar refractivity (Wildman–Crippen MR) is 76.1 cm³/mol. The highest BCUT2D eigenvalue weighted by Crippen LogP contribution is 2.31. The lowest BCUT2D eigenvalue weighted by molar-refractivity contribution is -0.146. The van der Waals surface area contributed by atoms with Crippen molar-refractivity contribution in [3.63, 3.8) is 0 Å². The second-order valence-electron chi connectivity index (χ2n) is 5.58. The molecule has 0 unspecified atom stereocenters. The van der Waals surface area contributed by atoms with E-state index in [-0.39, 0.29) is 11.3 Å². The maximum atomic E-state index is 12.8. The van der Waals surface area contributed by atoms with Crippen LogP contribution in [0.3, 0.4) is 0 Å². The summed E-state index contributed by atoms with van der Waals surface area (Å²) in [5.74, 6) is 1.05. The number of aromatic nitrogens is 2. The fourth-order valence-electron chi connectivity index (χ4n) is 2.84. The van der Waals surface area contributed by atoms with E-state index < -0.39 is 0 Å². The Kier molecular flexibility index (Phi) is 4.77. The van der Waals surface area contributed by atoms with Crippen LogP contribution in [0.5, 0.6) is 0 Å². The molecule has 2 rings (SSSR count). The Morgan fingerprint density at radius 3 is 2.80 bits per heavy atom. The number of carbonyl (C=O) groups excluding carboxylic acids is 1. The number of aryl methyl sites for hydroxylation is 1. The molecule has 1 aromatic heterocycles. The fraction of sp³-hybridized carbons (Fsp3) is 0.714. The third kappa shape index (κ3) is 3.02. The predicted octanol–water partition coefficient (Wildman–Crippen LogP) is 0.395. The summed E-state index contributed by atoms with van der Waals surface area (Å²) in [6.07, 6.45) is 5.29. The van der Waals surface area contributed by atoms with E-state index in [1.165, 1.54) is 0 Å². The average Bonchev–Trinajstić information content (AvgIpc) is 2.85. The van der Waals surface area contributed by atoms with Crippen molar-refractivity contribution in [3.05, 3.63) is 18.2 Å². The van der Waals surface area contributed by atoms with Crippen LogP contribution in [0.2, 0.25) is 0 Å². The number of imidazole rings is 1. The van der Waals surface area contributed by atoms with Crippen molar-refractivity contribution in [1.82, 2.24) is 19.8 Å². The minimum absolute atomic E-state index is 0.156. The third-order valence-corrected chi connectivity index (χ3v) is 4.08. The molecular weight excluding hydrogens is 256 g/mol. The summed E-state index contributed by atoms with van der Waals surface area (Å²) >= 11 is 0. The molecule has 6 nitrogen and oxygen atoms in total. The van der Waals surface area contributed by atoms with Crippen LogP contribution in [0, 0.1) is 5.41 Å². The summed E-state index contributed by atoms with van der Waals surface area (Å²) in [5, 5.41) is 3.30. The van der Waals surface area contributed by atoms with Gasteiger partial charge in [0.25, 0.3) is 0 Å². The second-order valence-corrected chi connectivity index (χ2v) is 5.58. The van der Waals surface area contributed by atoms with Gasteiger partial charge in [-0.2, -0.15) is 0 Å². The van der Waals surface area contributed by atoms with Crippen molar-refractivity contribution < 1.29 is 9.53 Å². The van der Waals surface area contributed by atoms with Gasteiger partial charge in [-0.3, -0.25) is 4.79 Å². The Balaban J connectivity index is 2.08. The summed E-state index contributed by atoms with van der Waals surface area (Å²) in [7, 11) is 5.45. The van der Waals surface area contributed by atoms with Crippen molar-refractivity contribution >= 4 is 5.91 Å². The quantitative estimate of drug-likeness (QED) is 0.848. The van der Waals surface area contributed by atoms with Crippen LogP contribution in [-0.4, -0.2) is 54.2 Å². The molecule has 1 aliphatic heterocycles. The SMILES string of the molecule is COCC1(C(=O)N(C)Cc2nccn2C)CCNCC1. The first-order valence-corrected chi connectivity index (χ1v) is 7.00. The Hall–Kier alpha value is -1.40. The van der Waals surface area contributed by atoms with Crippen LogP contribution >= 0.6 is 0 Å². The van der Waals surface area contributed by atoms with Crippen LogP contribution in [0.4, 0.5) is 0 Å². The fourth-order valence-corrected chi connectivity index (χ4v) is 2.84. The van der Waals surface area contributed by atoms with Crippen molar-refractivity contribution in [3.8, 4) is 0 Å². The van der Waals surface area contributed by atoms with Gasteiger partial charge < -0.3 is 19.5 Å². The summed E-state index contributed by atoms with van der Waals surface area (Å²) in [5.41, 5.74) is -0.389. The van der Waals surface area contributed by atoms with E-state index in [4.69, 9.17) is 4.74 Å². The zero-order valence-electron chi connectivity index (χ0n) is 12.6.